The first-order valence-corrected chi connectivity index (χ1v) is 10.8. The summed E-state index contributed by atoms with van der Waals surface area (Å²) in [5.74, 6) is -0.352. The highest BCUT2D eigenvalue weighted by Crippen LogP contribution is 2.25. The van der Waals surface area contributed by atoms with Crippen LogP contribution in [0.1, 0.15) is 42.9 Å². The molecule has 1 aliphatic heterocycles. The second kappa shape index (κ2) is 9.41. The molecule has 2 aromatic carbocycles. The van der Waals surface area contributed by atoms with Crippen LogP contribution in [-0.2, 0) is 9.47 Å². The molecule has 0 aliphatic carbocycles. The number of rotatable bonds is 4. The molecule has 9 nitrogen and oxygen atoms in total. The quantitative estimate of drug-likeness (QED) is 0.650. The van der Waals surface area contributed by atoms with E-state index >= 15 is 0 Å². The molecule has 1 atom stereocenters. The lowest BCUT2D eigenvalue weighted by atomic mass is 10.1. The van der Waals surface area contributed by atoms with Gasteiger partial charge in [0.05, 0.1) is 25.0 Å². The zero-order valence-corrected chi connectivity index (χ0v) is 18.9. The summed E-state index contributed by atoms with van der Waals surface area (Å²) in [4.78, 5) is 28.0. The van der Waals surface area contributed by atoms with Crippen LogP contribution in [0.2, 0.25) is 0 Å². The lowest BCUT2D eigenvalue weighted by molar-refractivity contribution is -0.0432. The summed E-state index contributed by atoms with van der Waals surface area (Å²) in [5, 5.41) is 11.2. The fourth-order valence-electron chi connectivity index (χ4n) is 3.37. The Morgan fingerprint density at radius 3 is 2.52 bits per heavy atom. The second-order valence-electron chi connectivity index (χ2n) is 8.72. The number of hydrogen-bond acceptors (Lipinski definition) is 6. The van der Waals surface area contributed by atoms with Gasteiger partial charge in [0, 0.05) is 12.2 Å². The first-order chi connectivity index (χ1) is 15.8. The average molecular weight is 450 g/mol. The Morgan fingerprint density at radius 2 is 1.82 bits per heavy atom. The first-order valence-electron chi connectivity index (χ1n) is 10.8. The van der Waals surface area contributed by atoms with E-state index in [0.29, 0.717) is 25.4 Å². The summed E-state index contributed by atoms with van der Waals surface area (Å²) < 4.78 is 11.3. The Kier molecular flexibility index (Phi) is 6.41. The molecule has 0 unspecified atom stereocenters. The van der Waals surface area contributed by atoms with Crippen molar-refractivity contribution in [1.29, 1.82) is 0 Å². The van der Waals surface area contributed by atoms with Crippen molar-refractivity contribution in [2.45, 2.75) is 32.5 Å². The molecule has 1 aromatic heterocycles. The predicted molar refractivity (Wildman–Crippen MR) is 122 cm³/mol. The maximum Gasteiger partial charge on any atom is 0.410 e. The summed E-state index contributed by atoms with van der Waals surface area (Å²) in [6.07, 6.45) is 0.822. The summed E-state index contributed by atoms with van der Waals surface area (Å²) in [5.41, 5.74) is 1.98. The van der Waals surface area contributed by atoms with Crippen LogP contribution in [0, 0.1) is 0 Å². The van der Waals surface area contributed by atoms with Crippen LogP contribution in [0.3, 0.4) is 0 Å². The van der Waals surface area contributed by atoms with Crippen LogP contribution in [-0.4, -0.2) is 57.2 Å². The third-order valence-electron chi connectivity index (χ3n) is 4.97. The molecule has 1 saturated heterocycles. The van der Waals surface area contributed by atoms with Gasteiger partial charge < -0.3 is 19.7 Å². The monoisotopic (exact) mass is 449 g/mol. The molecule has 2 heterocycles. The number of benzene rings is 2. The number of ether oxygens (including phenoxy) is 2. The normalized spacial score (nSPS) is 16.3. The van der Waals surface area contributed by atoms with E-state index in [2.05, 4.69) is 15.5 Å². The Morgan fingerprint density at radius 1 is 1.09 bits per heavy atom. The van der Waals surface area contributed by atoms with Crippen molar-refractivity contribution < 1.29 is 19.1 Å². The van der Waals surface area contributed by atoms with Crippen molar-refractivity contribution in [2.24, 2.45) is 0 Å². The summed E-state index contributed by atoms with van der Waals surface area (Å²) in [7, 11) is 0. The highest BCUT2D eigenvalue weighted by molar-refractivity contribution is 6.02. The fourth-order valence-corrected chi connectivity index (χ4v) is 3.37. The van der Waals surface area contributed by atoms with Crippen molar-refractivity contribution in [3.63, 3.8) is 0 Å². The largest absolute Gasteiger partial charge is 0.444 e. The zero-order valence-electron chi connectivity index (χ0n) is 18.9. The lowest BCUT2D eigenvalue weighted by Gasteiger charge is -2.34. The Labute approximate surface area is 192 Å². The number of morpholine rings is 1. The summed E-state index contributed by atoms with van der Waals surface area (Å²) >= 11 is 0. The number of nitrogens with one attached hydrogen (secondary N) is 1. The minimum absolute atomic E-state index is 0.214. The van der Waals surface area contributed by atoms with Gasteiger partial charge in [0.25, 0.3) is 5.91 Å². The van der Waals surface area contributed by atoms with Gasteiger partial charge in [0.2, 0.25) is 0 Å². The van der Waals surface area contributed by atoms with Crippen LogP contribution < -0.4 is 5.32 Å². The molecule has 1 aliphatic rings. The van der Waals surface area contributed by atoms with Crippen molar-refractivity contribution in [2.75, 3.05) is 25.0 Å². The van der Waals surface area contributed by atoms with Crippen molar-refractivity contribution >= 4 is 17.7 Å². The van der Waals surface area contributed by atoms with Crippen molar-refractivity contribution in [3.05, 3.63) is 72.1 Å². The molecular formula is C24H27N5O4. The number of para-hydroxylation sites is 1. The van der Waals surface area contributed by atoms with Gasteiger partial charge in [-0.25, -0.2) is 4.79 Å². The smallest absolute Gasteiger partial charge is 0.410 e. The topological polar surface area (TPSA) is 98.6 Å². The minimum atomic E-state index is -0.544. The van der Waals surface area contributed by atoms with Crippen molar-refractivity contribution in [3.8, 4) is 5.69 Å². The lowest BCUT2D eigenvalue weighted by Crippen LogP contribution is -2.44. The van der Waals surface area contributed by atoms with Crippen LogP contribution in [0.25, 0.3) is 5.69 Å². The Balaban J connectivity index is 1.37. The number of amides is 2. The number of nitrogens with zero attached hydrogens (tertiary/aromatic N) is 4. The van der Waals surface area contributed by atoms with Gasteiger partial charge in [-0.3, -0.25) is 4.79 Å². The third-order valence-corrected chi connectivity index (χ3v) is 4.97. The standard InChI is InChI=1S/C24H27N5O4/c1-24(2,3)33-23(31)28-13-14-32-21(16-28)17-9-11-18(12-10-17)26-22(30)20-15-25-29(27-20)19-7-5-4-6-8-19/h4-12,15,21H,13-14,16H2,1-3H3,(H,26,30)/t21-/m1/s1. The molecule has 0 spiro atoms. The Hall–Kier alpha value is -3.72. The van der Waals surface area contributed by atoms with Crippen LogP contribution >= 0.6 is 0 Å². The molecule has 4 rings (SSSR count). The van der Waals surface area contributed by atoms with Gasteiger partial charge in [-0.1, -0.05) is 30.3 Å². The van der Waals surface area contributed by atoms with Crippen molar-refractivity contribution in [1.82, 2.24) is 19.9 Å². The second-order valence-corrected chi connectivity index (χ2v) is 8.72. The number of carbonyl (C=O) groups excluding carboxylic acids is 2. The van der Waals surface area contributed by atoms with Gasteiger partial charge >= 0.3 is 6.09 Å². The van der Waals surface area contributed by atoms with E-state index in [9.17, 15) is 9.59 Å². The van der Waals surface area contributed by atoms with E-state index < -0.39 is 5.60 Å². The molecule has 1 N–H and O–H groups in total. The highest BCUT2D eigenvalue weighted by Gasteiger charge is 2.29. The number of aromatic nitrogens is 3. The average Bonchev–Trinajstić information content (AvgIpc) is 3.30. The van der Waals surface area contributed by atoms with Crippen LogP contribution in [0.4, 0.5) is 10.5 Å². The van der Waals surface area contributed by atoms with E-state index in [1.165, 1.54) is 11.0 Å². The fraction of sp³-hybridized carbons (Fsp3) is 0.333. The van der Waals surface area contributed by atoms with Gasteiger partial charge in [0.1, 0.15) is 11.7 Å². The molecule has 172 valence electrons. The van der Waals surface area contributed by atoms with Gasteiger partial charge in [-0.15, -0.1) is 5.10 Å². The molecule has 0 radical (unpaired) electrons. The third kappa shape index (κ3) is 5.75. The molecular weight excluding hydrogens is 422 g/mol. The molecule has 33 heavy (non-hydrogen) atoms. The molecule has 0 saturated carbocycles. The maximum absolute atomic E-state index is 12.6. The van der Waals surface area contributed by atoms with Gasteiger partial charge in [-0.05, 0) is 50.6 Å². The van der Waals surface area contributed by atoms with E-state index in [4.69, 9.17) is 9.47 Å². The zero-order chi connectivity index (χ0) is 23.4. The van der Waals surface area contributed by atoms with E-state index in [1.54, 1.807) is 17.0 Å². The van der Waals surface area contributed by atoms with Gasteiger partial charge in [0.15, 0.2) is 5.69 Å². The highest BCUT2D eigenvalue weighted by atomic mass is 16.6. The predicted octanol–water partition coefficient (Wildman–Crippen LogP) is 3.83. The van der Waals surface area contributed by atoms with Crippen LogP contribution in [0.15, 0.2) is 60.8 Å². The molecule has 0 bridgehead atoms. The number of carbonyl (C=O) groups is 2. The minimum Gasteiger partial charge on any atom is -0.444 e. The summed E-state index contributed by atoms with van der Waals surface area (Å²) in [6, 6.07) is 16.7. The molecule has 1 fully saturated rings. The first kappa shape index (κ1) is 22.5. The summed E-state index contributed by atoms with van der Waals surface area (Å²) in [6.45, 7) is 6.86. The maximum atomic E-state index is 12.6. The number of hydrogen-bond donors (Lipinski definition) is 1. The van der Waals surface area contributed by atoms with Gasteiger partial charge in [-0.2, -0.15) is 9.90 Å². The number of anilines is 1. The molecule has 2 amide bonds. The van der Waals surface area contributed by atoms with E-state index in [0.717, 1.165) is 11.3 Å². The molecule has 9 heteroatoms. The van der Waals surface area contributed by atoms with Crippen LogP contribution in [0.5, 0.6) is 0 Å². The SMILES string of the molecule is CC(C)(C)OC(=O)N1CCO[C@@H](c2ccc(NC(=O)c3cnn(-c4ccccc4)n3)cc2)C1. The van der Waals surface area contributed by atoms with E-state index in [-0.39, 0.29) is 23.8 Å². The molecule has 3 aromatic rings. The Bertz CT molecular complexity index is 1110. The van der Waals surface area contributed by atoms with E-state index in [1.807, 2.05) is 63.2 Å².